The lowest BCUT2D eigenvalue weighted by molar-refractivity contribution is -0.129. The van der Waals surface area contributed by atoms with Crippen LogP contribution in [-0.4, -0.2) is 34.4 Å². The van der Waals surface area contributed by atoms with Gasteiger partial charge in [0.1, 0.15) is 24.7 Å². The number of hydrogen-bond acceptors (Lipinski definition) is 5. The van der Waals surface area contributed by atoms with E-state index in [1.165, 1.54) is 6.92 Å². The highest BCUT2D eigenvalue weighted by molar-refractivity contribution is 6.34. The topological polar surface area (TPSA) is 91.2 Å². The van der Waals surface area contributed by atoms with Gasteiger partial charge in [-0.05, 0) is 62.6 Å². The Balaban J connectivity index is 1.84. The van der Waals surface area contributed by atoms with Crippen molar-refractivity contribution >= 4 is 23.3 Å². The zero-order valence-corrected chi connectivity index (χ0v) is 18.5. The summed E-state index contributed by atoms with van der Waals surface area (Å²) in [7, 11) is 0. The molecule has 166 valence electrons. The molecule has 0 atom stereocenters. The third-order valence-electron chi connectivity index (χ3n) is 4.89. The smallest absolute Gasteiger partial charge is 0.351 e. The molecule has 1 heterocycles. The number of carbonyl (C=O) groups excluding carboxylic acids is 1. The molecule has 7 heteroatoms. The second-order valence-electron chi connectivity index (χ2n) is 7.67. The number of nitrogens with one attached hydrogen (secondary N) is 1. The van der Waals surface area contributed by atoms with Gasteiger partial charge in [0.15, 0.2) is 0 Å². The van der Waals surface area contributed by atoms with Gasteiger partial charge in [0.2, 0.25) is 0 Å². The van der Waals surface area contributed by atoms with Crippen LogP contribution >= 0.6 is 0 Å². The molecule has 0 fully saturated rings. The number of carboxylic acids is 1. The standard InChI is InChI=1S/C25H27N3O4/c1-17(2)9-14-22-23(26-16-28(24(22)29)27-18(3)25(30)31)20-10-12-21(13-11-20)32-15-19-7-5-4-6-8-19/h4-13,26H,14-16H2,1-3H3,(H,30,31)/b27-18+. The van der Waals surface area contributed by atoms with E-state index < -0.39 is 5.97 Å². The number of benzene rings is 2. The van der Waals surface area contributed by atoms with Gasteiger partial charge in [0.25, 0.3) is 5.91 Å². The molecule has 0 aromatic heterocycles. The van der Waals surface area contributed by atoms with E-state index in [0.717, 1.165) is 27.5 Å². The van der Waals surface area contributed by atoms with E-state index in [0.29, 0.717) is 24.3 Å². The Labute approximate surface area is 187 Å². The van der Waals surface area contributed by atoms with Gasteiger partial charge in [0, 0.05) is 5.57 Å². The first-order valence-corrected chi connectivity index (χ1v) is 10.3. The second-order valence-corrected chi connectivity index (χ2v) is 7.67. The van der Waals surface area contributed by atoms with Crippen LogP contribution in [0, 0.1) is 0 Å². The van der Waals surface area contributed by atoms with Crippen molar-refractivity contribution in [3.63, 3.8) is 0 Å². The van der Waals surface area contributed by atoms with E-state index in [2.05, 4.69) is 10.4 Å². The number of carbonyl (C=O) groups is 2. The number of allylic oxidation sites excluding steroid dienone is 2. The number of hydrogen-bond donors (Lipinski definition) is 2. The zero-order chi connectivity index (χ0) is 23.1. The van der Waals surface area contributed by atoms with E-state index in [4.69, 9.17) is 9.84 Å². The number of rotatable bonds is 8. The predicted octanol–water partition coefficient (Wildman–Crippen LogP) is 4.18. The van der Waals surface area contributed by atoms with Crippen molar-refractivity contribution in [2.75, 3.05) is 6.67 Å². The summed E-state index contributed by atoms with van der Waals surface area (Å²) in [6.07, 6.45) is 2.37. The molecular weight excluding hydrogens is 406 g/mol. The molecule has 3 rings (SSSR count). The largest absolute Gasteiger partial charge is 0.489 e. The molecule has 0 spiro atoms. The maximum Gasteiger partial charge on any atom is 0.351 e. The van der Waals surface area contributed by atoms with Gasteiger partial charge < -0.3 is 15.2 Å². The Morgan fingerprint density at radius 1 is 1.12 bits per heavy atom. The number of ether oxygens (including phenoxy) is 1. The Morgan fingerprint density at radius 2 is 1.81 bits per heavy atom. The number of aliphatic carboxylic acids is 1. The minimum absolute atomic E-state index is 0.0867. The van der Waals surface area contributed by atoms with Gasteiger partial charge in [-0.2, -0.15) is 5.10 Å². The van der Waals surface area contributed by atoms with Crippen LogP contribution < -0.4 is 10.1 Å². The van der Waals surface area contributed by atoms with Crippen LogP contribution in [0.1, 0.15) is 38.3 Å². The predicted molar refractivity (Wildman–Crippen MR) is 124 cm³/mol. The summed E-state index contributed by atoms with van der Waals surface area (Å²) in [6, 6.07) is 17.5. The molecule has 0 radical (unpaired) electrons. The highest BCUT2D eigenvalue weighted by Gasteiger charge is 2.27. The average molecular weight is 434 g/mol. The third kappa shape index (κ3) is 5.85. The highest BCUT2D eigenvalue weighted by Crippen LogP contribution is 2.27. The molecule has 1 amide bonds. The summed E-state index contributed by atoms with van der Waals surface area (Å²) in [5.41, 5.74) is 4.10. The van der Waals surface area contributed by atoms with Crippen molar-refractivity contribution in [1.29, 1.82) is 0 Å². The summed E-state index contributed by atoms with van der Waals surface area (Å²) in [5.74, 6) is -0.750. The van der Waals surface area contributed by atoms with Gasteiger partial charge in [0.05, 0.1) is 5.70 Å². The van der Waals surface area contributed by atoms with Crippen LogP contribution in [0.4, 0.5) is 0 Å². The molecule has 0 saturated heterocycles. The average Bonchev–Trinajstić information content (AvgIpc) is 2.79. The number of amides is 1. The van der Waals surface area contributed by atoms with Gasteiger partial charge >= 0.3 is 5.97 Å². The molecule has 2 aromatic carbocycles. The van der Waals surface area contributed by atoms with Gasteiger partial charge in [-0.1, -0.05) is 42.0 Å². The number of hydrazone groups is 1. The van der Waals surface area contributed by atoms with Crippen molar-refractivity contribution in [2.24, 2.45) is 5.10 Å². The lowest BCUT2D eigenvalue weighted by Gasteiger charge is -2.28. The molecule has 1 aliphatic heterocycles. The van der Waals surface area contributed by atoms with Crippen LogP contribution in [0.15, 0.2) is 76.9 Å². The maximum absolute atomic E-state index is 13.1. The monoisotopic (exact) mass is 433 g/mol. The molecule has 0 unspecified atom stereocenters. The van der Waals surface area contributed by atoms with E-state index in [9.17, 15) is 9.59 Å². The first-order valence-electron chi connectivity index (χ1n) is 10.3. The summed E-state index contributed by atoms with van der Waals surface area (Å²) in [6.45, 7) is 5.85. The van der Waals surface area contributed by atoms with E-state index in [1.54, 1.807) is 0 Å². The summed E-state index contributed by atoms with van der Waals surface area (Å²) in [4.78, 5) is 24.2. The van der Waals surface area contributed by atoms with E-state index in [1.807, 2.05) is 74.5 Å². The van der Waals surface area contributed by atoms with Crippen LogP contribution in [0.3, 0.4) is 0 Å². The van der Waals surface area contributed by atoms with Gasteiger partial charge in [-0.25, -0.2) is 9.80 Å². The normalized spacial score (nSPS) is 14.2. The minimum atomic E-state index is -1.16. The highest BCUT2D eigenvalue weighted by atomic mass is 16.5. The van der Waals surface area contributed by atoms with Crippen molar-refractivity contribution in [3.05, 3.63) is 82.9 Å². The lowest BCUT2D eigenvalue weighted by atomic mass is 10.00. The second kappa shape index (κ2) is 10.4. The Hall–Kier alpha value is -3.87. The van der Waals surface area contributed by atoms with Crippen molar-refractivity contribution in [2.45, 2.75) is 33.8 Å². The van der Waals surface area contributed by atoms with Crippen LogP contribution in [-0.2, 0) is 16.2 Å². The fourth-order valence-electron chi connectivity index (χ4n) is 3.13. The third-order valence-corrected chi connectivity index (χ3v) is 4.89. The molecule has 1 aliphatic rings. The molecular formula is C25H27N3O4. The molecule has 2 N–H and O–H groups in total. The van der Waals surface area contributed by atoms with Crippen molar-refractivity contribution in [3.8, 4) is 5.75 Å². The van der Waals surface area contributed by atoms with Gasteiger partial charge in [-0.3, -0.25) is 4.79 Å². The SMILES string of the molecule is CC(C)=CCC1=C(c2ccc(OCc3ccccc3)cc2)NCN(/N=C(\C)C(=O)O)C1=O. The van der Waals surface area contributed by atoms with Crippen molar-refractivity contribution in [1.82, 2.24) is 10.3 Å². The van der Waals surface area contributed by atoms with Crippen LogP contribution in [0.2, 0.25) is 0 Å². The molecule has 0 saturated carbocycles. The summed E-state index contributed by atoms with van der Waals surface area (Å²) < 4.78 is 5.85. The Morgan fingerprint density at radius 3 is 2.44 bits per heavy atom. The Kier molecular flexibility index (Phi) is 7.44. The number of nitrogens with zero attached hydrogens (tertiary/aromatic N) is 2. The first kappa shape index (κ1) is 22.8. The molecule has 0 bridgehead atoms. The van der Waals surface area contributed by atoms with Crippen LogP contribution in [0.5, 0.6) is 5.75 Å². The zero-order valence-electron chi connectivity index (χ0n) is 18.5. The number of carboxylic acid groups (broad SMARTS) is 1. The van der Waals surface area contributed by atoms with E-state index >= 15 is 0 Å². The van der Waals surface area contributed by atoms with Crippen molar-refractivity contribution < 1.29 is 19.4 Å². The van der Waals surface area contributed by atoms with E-state index in [-0.39, 0.29) is 18.3 Å². The summed E-state index contributed by atoms with van der Waals surface area (Å²) in [5, 5.41) is 17.4. The molecule has 0 aliphatic carbocycles. The van der Waals surface area contributed by atoms with Crippen LogP contribution in [0.25, 0.3) is 5.70 Å². The fourth-order valence-corrected chi connectivity index (χ4v) is 3.13. The fraction of sp³-hybridized carbons (Fsp3) is 0.240. The maximum atomic E-state index is 13.1. The first-order chi connectivity index (χ1) is 15.3. The molecule has 7 nitrogen and oxygen atoms in total. The molecule has 32 heavy (non-hydrogen) atoms. The Bertz CT molecular complexity index is 1070. The minimum Gasteiger partial charge on any atom is -0.489 e. The summed E-state index contributed by atoms with van der Waals surface area (Å²) >= 11 is 0. The quantitative estimate of drug-likeness (QED) is 0.481. The lowest BCUT2D eigenvalue weighted by Crippen LogP contribution is -2.42. The molecule has 2 aromatic rings. The van der Waals surface area contributed by atoms with Gasteiger partial charge in [-0.15, -0.1) is 0 Å².